The Morgan fingerprint density at radius 1 is 0.923 bits per heavy atom. The van der Waals surface area contributed by atoms with Crippen molar-refractivity contribution < 1.29 is 21.2 Å². The normalized spacial score (nSPS) is 10.6. The average Bonchev–Trinajstić information content (AvgIpc) is 2.62. The molecule has 13 heavy (non-hydrogen) atoms. The first-order chi connectivity index (χ1) is 6.24. The standard InChI is InChI=1S/C8H4Br2IS2/c9-5-1-7(12-3-5)11-8-2-6(10)4-13-8/h1-4H/q+1. The minimum atomic E-state index is 0.0474. The lowest BCUT2D eigenvalue weighted by Crippen LogP contribution is -3.61. The molecule has 0 saturated heterocycles. The SMILES string of the molecule is Brc1csc([I+]c2cc(Br)cs2)c1. The Morgan fingerprint density at radius 2 is 1.38 bits per heavy atom. The lowest BCUT2D eigenvalue weighted by atomic mass is 10.7. The fraction of sp³-hybridized carbons (Fsp3) is 0. The monoisotopic (exact) mass is 449 g/mol. The van der Waals surface area contributed by atoms with Gasteiger partial charge < -0.3 is 0 Å². The van der Waals surface area contributed by atoms with Crippen molar-refractivity contribution in [2.75, 3.05) is 0 Å². The largest absolute Gasteiger partial charge is 0.381 e. The Morgan fingerprint density at radius 3 is 1.69 bits per heavy atom. The van der Waals surface area contributed by atoms with Crippen LogP contribution in [0.15, 0.2) is 31.8 Å². The van der Waals surface area contributed by atoms with Gasteiger partial charge >= 0.3 is 21.2 Å². The molecule has 5 heteroatoms. The molecule has 2 aromatic heterocycles. The molecule has 0 atom stereocenters. The van der Waals surface area contributed by atoms with Gasteiger partial charge in [-0.3, -0.25) is 0 Å². The molecule has 0 spiro atoms. The molecule has 0 bridgehead atoms. The molecular weight excluding hydrogens is 447 g/mol. The zero-order valence-electron chi connectivity index (χ0n) is 6.26. The predicted octanol–water partition coefficient (Wildman–Crippen LogP) is 1.46. The number of halogens is 3. The van der Waals surface area contributed by atoms with Gasteiger partial charge in [-0.05, 0) is 31.9 Å². The van der Waals surface area contributed by atoms with E-state index in [9.17, 15) is 0 Å². The van der Waals surface area contributed by atoms with E-state index >= 15 is 0 Å². The summed E-state index contributed by atoms with van der Waals surface area (Å²) in [6.07, 6.45) is 0. The summed E-state index contributed by atoms with van der Waals surface area (Å²) in [5.41, 5.74) is 0. The van der Waals surface area contributed by atoms with Crippen molar-refractivity contribution in [3.8, 4) is 0 Å². The lowest BCUT2D eigenvalue weighted by molar-refractivity contribution is -0.585. The van der Waals surface area contributed by atoms with Crippen LogP contribution in [-0.2, 0) is 0 Å². The van der Waals surface area contributed by atoms with Gasteiger partial charge in [0.15, 0.2) is 0 Å². The molecule has 0 aliphatic rings. The third-order valence-corrected chi connectivity index (χ3v) is 8.46. The van der Waals surface area contributed by atoms with Crippen LogP contribution in [0.4, 0.5) is 0 Å². The zero-order valence-corrected chi connectivity index (χ0v) is 13.2. The van der Waals surface area contributed by atoms with E-state index in [2.05, 4.69) is 54.8 Å². The number of thiophene rings is 2. The number of hydrogen-bond donors (Lipinski definition) is 0. The van der Waals surface area contributed by atoms with E-state index in [1.54, 1.807) is 0 Å². The highest BCUT2D eigenvalue weighted by Crippen LogP contribution is 2.14. The predicted molar refractivity (Wildman–Crippen MR) is 61.4 cm³/mol. The van der Waals surface area contributed by atoms with Gasteiger partial charge in [-0.1, -0.05) is 22.7 Å². The van der Waals surface area contributed by atoms with Crippen LogP contribution in [0.1, 0.15) is 0 Å². The van der Waals surface area contributed by atoms with E-state index < -0.39 is 0 Å². The van der Waals surface area contributed by atoms with Crippen LogP contribution in [0.25, 0.3) is 0 Å². The quantitative estimate of drug-likeness (QED) is 0.608. The average molecular weight is 451 g/mol. The Hall–Kier alpha value is 1.09. The van der Waals surface area contributed by atoms with E-state index in [0.717, 1.165) is 0 Å². The molecule has 0 aromatic carbocycles. The van der Waals surface area contributed by atoms with Crippen LogP contribution in [0.5, 0.6) is 0 Å². The molecule has 68 valence electrons. The van der Waals surface area contributed by atoms with Gasteiger partial charge in [0.25, 0.3) is 0 Å². The molecule has 2 rings (SSSR count). The van der Waals surface area contributed by atoms with Crippen molar-refractivity contribution in [3.63, 3.8) is 0 Å². The van der Waals surface area contributed by atoms with E-state index in [-0.39, 0.29) is 21.2 Å². The summed E-state index contributed by atoms with van der Waals surface area (Å²) in [6.45, 7) is 0. The summed E-state index contributed by atoms with van der Waals surface area (Å²) in [6, 6.07) is 4.46. The van der Waals surface area contributed by atoms with E-state index in [1.165, 1.54) is 14.7 Å². The van der Waals surface area contributed by atoms with Crippen molar-refractivity contribution in [3.05, 3.63) is 37.6 Å². The summed E-state index contributed by atoms with van der Waals surface area (Å²) in [5, 5.41) is 4.30. The highest BCUT2D eigenvalue weighted by Gasteiger charge is 2.19. The van der Waals surface area contributed by atoms with Crippen molar-refractivity contribution in [1.29, 1.82) is 0 Å². The summed E-state index contributed by atoms with van der Waals surface area (Å²) >= 11 is 10.7. The highest BCUT2D eigenvalue weighted by molar-refractivity contribution is 9.10. The molecular formula is C8H4Br2IS2+. The molecule has 0 N–H and O–H groups in total. The Labute approximate surface area is 112 Å². The minimum Gasteiger partial charge on any atom is -0.0950 e. The van der Waals surface area contributed by atoms with Crippen molar-refractivity contribution in [2.45, 2.75) is 0 Å². The zero-order chi connectivity index (χ0) is 9.26. The van der Waals surface area contributed by atoms with Gasteiger partial charge in [0.1, 0.15) is 0 Å². The van der Waals surface area contributed by atoms with Crippen LogP contribution in [0, 0.1) is 5.77 Å². The first-order valence-corrected chi connectivity index (χ1v) is 8.87. The van der Waals surface area contributed by atoms with Crippen LogP contribution in [0.2, 0.25) is 0 Å². The summed E-state index contributed by atoms with van der Waals surface area (Å²) < 4.78 is 5.45. The highest BCUT2D eigenvalue weighted by atomic mass is 127. The molecule has 0 fully saturated rings. The summed E-state index contributed by atoms with van der Waals surface area (Å²) in [5.74, 6) is 0. The molecule has 0 amide bonds. The third-order valence-electron chi connectivity index (χ3n) is 1.26. The second-order valence-electron chi connectivity index (χ2n) is 2.23. The summed E-state index contributed by atoms with van der Waals surface area (Å²) in [7, 11) is 0. The Bertz CT molecular complexity index is 369. The fourth-order valence-electron chi connectivity index (χ4n) is 0.769. The van der Waals surface area contributed by atoms with Crippen LogP contribution in [0.3, 0.4) is 0 Å². The van der Waals surface area contributed by atoms with E-state index in [0.29, 0.717) is 0 Å². The maximum Gasteiger partial charge on any atom is 0.381 e. The van der Waals surface area contributed by atoms with Crippen LogP contribution >= 0.6 is 54.5 Å². The van der Waals surface area contributed by atoms with Gasteiger partial charge in [0.05, 0.1) is 0 Å². The van der Waals surface area contributed by atoms with Gasteiger partial charge in [-0.2, -0.15) is 0 Å². The minimum absolute atomic E-state index is 0.0474. The molecule has 0 aliphatic heterocycles. The Balaban J connectivity index is 2.14. The first kappa shape index (κ1) is 10.6. The smallest absolute Gasteiger partial charge is 0.0950 e. The second-order valence-corrected chi connectivity index (χ2v) is 10.2. The van der Waals surface area contributed by atoms with Gasteiger partial charge in [0, 0.05) is 31.8 Å². The molecule has 0 nitrogen and oxygen atoms in total. The first-order valence-electron chi connectivity index (χ1n) is 3.37. The fourth-order valence-corrected chi connectivity index (χ4v) is 8.49. The van der Waals surface area contributed by atoms with Crippen molar-refractivity contribution in [2.24, 2.45) is 0 Å². The van der Waals surface area contributed by atoms with Crippen LogP contribution < -0.4 is 21.2 Å². The number of hydrogen-bond acceptors (Lipinski definition) is 2. The van der Waals surface area contributed by atoms with Crippen molar-refractivity contribution in [1.82, 2.24) is 0 Å². The van der Waals surface area contributed by atoms with Gasteiger partial charge in [-0.25, -0.2) is 0 Å². The second kappa shape index (κ2) is 4.74. The van der Waals surface area contributed by atoms with Gasteiger partial charge in [-0.15, -0.1) is 0 Å². The topological polar surface area (TPSA) is 0 Å². The van der Waals surface area contributed by atoms with Gasteiger partial charge in [0.2, 0.25) is 5.77 Å². The molecule has 2 aromatic rings. The maximum absolute atomic E-state index is 3.47. The van der Waals surface area contributed by atoms with Crippen molar-refractivity contribution >= 4 is 54.5 Å². The molecule has 0 aliphatic carbocycles. The Kier molecular flexibility index (Phi) is 3.87. The number of rotatable bonds is 2. The maximum atomic E-state index is 3.47. The van der Waals surface area contributed by atoms with Crippen LogP contribution in [-0.4, -0.2) is 0 Å². The molecule has 0 unspecified atom stereocenters. The van der Waals surface area contributed by atoms with E-state index in [1.807, 2.05) is 22.7 Å². The molecule has 0 radical (unpaired) electrons. The third kappa shape index (κ3) is 3.02. The summed E-state index contributed by atoms with van der Waals surface area (Å²) in [4.78, 5) is 0. The molecule has 0 saturated carbocycles. The molecule has 2 heterocycles. The lowest BCUT2D eigenvalue weighted by Gasteiger charge is -1.71. The van der Waals surface area contributed by atoms with E-state index in [4.69, 9.17) is 0 Å².